The zero-order valence-electron chi connectivity index (χ0n) is 9.80. The van der Waals surface area contributed by atoms with Gasteiger partial charge in [-0.15, -0.1) is 0 Å². The zero-order chi connectivity index (χ0) is 13.3. The quantitative estimate of drug-likeness (QED) is 0.885. The first-order chi connectivity index (χ1) is 8.52. The van der Waals surface area contributed by atoms with Crippen LogP contribution in [0.2, 0.25) is 0 Å². The van der Waals surface area contributed by atoms with Crippen LogP contribution in [0.25, 0.3) is 0 Å². The summed E-state index contributed by atoms with van der Waals surface area (Å²) in [5.74, 6) is -1.38. The van der Waals surface area contributed by atoms with Crippen LogP contribution in [0.15, 0.2) is 18.3 Å². The number of aryl methyl sites for hydroxylation is 1. The number of carboxylic acid groups (broad SMARTS) is 1. The summed E-state index contributed by atoms with van der Waals surface area (Å²) in [6.45, 7) is 1.61. The second-order valence-corrected chi connectivity index (χ2v) is 4.45. The van der Waals surface area contributed by atoms with Gasteiger partial charge in [-0.25, -0.2) is 4.79 Å². The number of anilines is 1. The number of carboxylic acids is 1. The first kappa shape index (κ1) is 12.3. The Balaban J connectivity index is 2.38. The Bertz CT molecular complexity index is 589. The monoisotopic (exact) mass is 265 g/mol. The molecule has 0 fully saturated rings. The highest BCUT2D eigenvalue weighted by Gasteiger charge is 2.24. The SMILES string of the molecule is Cc1nsc(N(C)C(=O)c2ccc[nH]2)c1C(=O)O. The smallest absolute Gasteiger partial charge is 0.340 e. The van der Waals surface area contributed by atoms with Crippen molar-refractivity contribution in [1.29, 1.82) is 0 Å². The molecule has 2 aromatic rings. The van der Waals surface area contributed by atoms with Crippen molar-refractivity contribution in [3.8, 4) is 0 Å². The van der Waals surface area contributed by atoms with E-state index in [-0.39, 0.29) is 11.5 Å². The molecule has 0 aliphatic heterocycles. The van der Waals surface area contributed by atoms with Gasteiger partial charge in [-0.2, -0.15) is 4.37 Å². The molecule has 0 radical (unpaired) electrons. The maximum absolute atomic E-state index is 12.1. The minimum Gasteiger partial charge on any atom is -0.478 e. The van der Waals surface area contributed by atoms with Gasteiger partial charge >= 0.3 is 5.97 Å². The van der Waals surface area contributed by atoms with E-state index in [4.69, 9.17) is 5.11 Å². The number of nitrogens with one attached hydrogen (secondary N) is 1. The van der Waals surface area contributed by atoms with E-state index in [1.807, 2.05) is 0 Å². The van der Waals surface area contributed by atoms with Crippen LogP contribution in [-0.4, -0.2) is 33.4 Å². The molecule has 0 saturated heterocycles. The van der Waals surface area contributed by atoms with Crippen molar-refractivity contribution in [2.75, 3.05) is 11.9 Å². The number of hydrogen-bond donors (Lipinski definition) is 2. The number of carbonyl (C=O) groups is 2. The largest absolute Gasteiger partial charge is 0.478 e. The maximum atomic E-state index is 12.1. The minimum absolute atomic E-state index is 0.0717. The fourth-order valence-corrected chi connectivity index (χ4v) is 2.42. The van der Waals surface area contributed by atoms with E-state index in [0.29, 0.717) is 16.4 Å². The zero-order valence-corrected chi connectivity index (χ0v) is 10.6. The van der Waals surface area contributed by atoms with Crippen molar-refractivity contribution in [1.82, 2.24) is 9.36 Å². The Morgan fingerprint density at radius 2 is 2.22 bits per heavy atom. The van der Waals surface area contributed by atoms with Crippen molar-refractivity contribution >= 4 is 28.4 Å². The van der Waals surface area contributed by atoms with E-state index in [9.17, 15) is 9.59 Å². The van der Waals surface area contributed by atoms with Gasteiger partial charge in [-0.3, -0.25) is 9.69 Å². The Kier molecular flexibility index (Phi) is 3.15. The number of aromatic amines is 1. The first-order valence-electron chi connectivity index (χ1n) is 5.13. The summed E-state index contributed by atoms with van der Waals surface area (Å²) in [5.41, 5.74) is 0.885. The summed E-state index contributed by atoms with van der Waals surface area (Å²) in [6.07, 6.45) is 1.64. The van der Waals surface area contributed by atoms with Gasteiger partial charge in [-0.1, -0.05) is 0 Å². The molecule has 2 rings (SSSR count). The van der Waals surface area contributed by atoms with Crippen molar-refractivity contribution in [2.45, 2.75) is 6.92 Å². The maximum Gasteiger partial charge on any atom is 0.340 e. The van der Waals surface area contributed by atoms with Crippen molar-refractivity contribution in [2.24, 2.45) is 0 Å². The lowest BCUT2D eigenvalue weighted by atomic mass is 10.2. The number of aromatic carboxylic acids is 1. The molecular weight excluding hydrogens is 254 g/mol. The molecular formula is C11H11N3O3S. The van der Waals surface area contributed by atoms with Crippen LogP contribution in [0.4, 0.5) is 5.00 Å². The van der Waals surface area contributed by atoms with Crippen LogP contribution in [-0.2, 0) is 0 Å². The molecule has 6 nitrogen and oxygen atoms in total. The Hall–Kier alpha value is -2.15. The van der Waals surface area contributed by atoms with Gasteiger partial charge in [0.1, 0.15) is 16.3 Å². The number of carbonyl (C=O) groups excluding carboxylic acids is 1. The van der Waals surface area contributed by atoms with E-state index in [0.717, 1.165) is 11.5 Å². The number of aromatic nitrogens is 2. The molecule has 0 bridgehead atoms. The van der Waals surface area contributed by atoms with Crippen LogP contribution in [0.1, 0.15) is 26.5 Å². The fourth-order valence-electron chi connectivity index (χ4n) is 1.57. The second kappa shape index (κ2) is 4.61. The van der Waals surface area contributed by atoms with Crippen LogP contribution in [0, 0.1) is 6.92 Å². The van der Waals surface area contributed by atoms with Crippen molar-refractivity contribution < 1.29 is 14.7 Å². The topological polar surface area (TPSA) is 86.3 Å². The lowest BCUT2D eigenvalue weighted by Crippen LogP contribution is -2.27. The molecule has 0 aromatic carbocycles. The summed E-state index contributed by atoms with van der Waals surface area (Å²) in [6, 6.07) is 3.34. The number of H-pyrrole nitrogens is 1. The van der Waals surface area contributed by atoms with Crippen LogP contribution in [0.3, 0.4) is 0 Å². The van der Waals surface area contributed by atoms with E-state index in [1.54, 1.807) is 25.3 Å². The van der Waals surface area contributed by atoms with Gasteiger partial charge in [0.15, 0.2) is 0 Å². The summed E-state index contributed by atoms with van der Waals surface area (Å²) < 4.78 is 3.98. The second-order valence-electron chi connectivity index (χ2n) is 3.70. The highest BCUT2D eigenvalue weighted by molar-refractivity contribution is 7.11. The van der Waals surface area contributed by atoms with Gasteiger partial charge in [0.2, 0.25) is 0 Å². The molecule has 1 amide bonds. The Labute approximate surface area is 107 Å². The number of nitrogens with zero attached hydrogens (tertiary/aromatic N) is 2. The van der Waals surface area contributed by atoms with Gasteiger partial charge < -0.3 is 10.1 Å². The third-order valence-electron chi connectivity index (χ3n) is 2.50. The first-order valence-corrected chi connectivity index (χ1v) is 5.90. The Morgan fingerprint density at radius 1 is 1.50 bits per heavy atom. The molecule has 0 saturated carbocycles. The van der Waals surface area contributed by atoms with Crippen LogP contribution < -0.4 is 4.90 Å². The summed E-state index contributed by atoms with van der Waals surface area (Å²) >= 11 is 0.999. The summed E-state index contributed by atoms with van der Waals surface area (Å²) in [7, 11) is 1.53. The van der Waals surface area contributed by atoms with Gasteiger partial charge in [0.25, 0.3) is 5.91 Å². The van der Waals surface area contributed by atoms with Crippen molar-refractivity contribution in [3.05, 3.63) is 35.3 Å². The number of hydrogen-bond acceptors (Lipinski definition) is 4. The molecule has 0 atom stereocenters. The average molecular weight is 265 g/mol. The number of rotatable bonds is 3. The normalized spacial score (nSPS) is 10.3. The van der Waals surface area contributed by atoms with E-state index < -0.39 is 5.97 Å². The average Bonchev–Trinajstić information content (AvgIpc) is 2.95. The standard InChI is InChI=1S/C11H11N3O3S/c1-6-8(11(16)17)10(18-13-6)14(2)9(15)7-4-3-5-12-7/h3-5,12H,1-2H3,(H,16,17). The van der Waals surface area contributed by atoms with Crippen LogP contribution in [0.5, 0.6) is 0 Å². The van der Waals surface area contributed by atoms with Crippen LogP contribution >= 0.6 is 11.5 Å². The van der Waals surface area contributed by atoms with E-state index in [2.05, 4.69) is 9.36 Å². The molecule has 2 aromatic heterocycles. The predicted octanol–water partition coefficient (Wildman–Crippen LogP) is 1.75. The molecule has 94 valence electrons. The summed E-state index contributed by atoms with van der Waals surface area (Å²) in [5, 5.41) is 9.45. The molecule has 18 heavy (non-hydrogen) atoms. The third-order valence-corrected chi connectivity index (χ3v) is 3.51. The molecule has 0 aliphatic rings. The molecule has 0 spiro atoms. The number of amides is 1. The molecule has 2 heterocycles. The minimum atomic E-state index is -1.08. The summed E-state index contributed by atoms with van der Waals surface area (Å²) in [4.78, 5) is 27.3. The fraction of sp³-hybridized carbons (Fsp3) is 0.182. The highest BCUT2D eigenvalue weighted by Crippen LogP contribution is 2.28. The lowest BCUT2D eigenvalue weighted by molar-refractivity contribution is 0.0697. The lowest BCUT2D eigenvalue weighted by Gasteiger charge is -2.14. The van der Waals surface area contributed by atoms with Crippen molar-refractivity contribution in [3.63, 3.8) is 0 Å². The van der Waals surface area contributed by atoms with E-state index >= 15 is 0 Å². The molecule has 7 heteroatoms. The van der Waals surface area contributed by atoms with E-state index in [1.165, 1.54) is 11.9 Å². The van der Waals surface area contributed by atoms with Gasteiger partial charge in [0, 0.05) is 13.2 Å². The third kappa shape index (κ3) is 2.00. The highest BCUT2D eigenvalue weighted by atomic mass is 32.1. The molecule has 0 unspecified atom stereocenters. The molecule has 0 aliphatic carbocycles. The van der Waals surface area contributed by atoms with Gasteiger partial charge in [0.05, 0.1) is 5.69 Å². The Morgan fingerprint density at radius 3 is 2.78 bits per heavy atom. The predicted molar refractivity (Wildman–Crippen MR) is 67.3 cm³/mol. The molecule has 2 N–H and O–H groups in total. The van der Waals surface area contributed by atoms with Gasteiger partial charge in [-0.05, 0) is 30.6 Å².